The average molecular weight is 312 g/mol. The summed E-state index contributed by atoms with van der Waals surface area (Å²) in [4.78, 5) is 0. The standard InChI is InChI=1S/C17H29NO4/c1-17(2,3)15-10-14(21-4)6-7-16(15)22-12-13(20)11-18-8-5-9-19/h6-7,10,13,18-20H,5,8-9,11-12H2,1-4H3/p+1/t13-/m1/s1. The molecule has 126 valence electrons. The lowest BCUT2D eigenvalue weighted by Gasteiger charge is -2.24. The molecule has 22 heavy (non-hydrogen) atoms. The fraction of sp³-hybridized carbons (Fsp3) is 0.647. The average Bonchev–Trinajstić information content (AvgIpc) is 2.48. The van der Waals surface area contributed by atoms with Crippen LogP contribution in [0.15, 0.2) is 18.2 Å². The van der Waals surface area contributed by atoms with Crippen molar-refractivity contribution in [3.63, 3.8) is 0 Å². The number of methoxy groups -OCH3 is 1. The van der Waals surface area contributed by atoms with Crippen LogP contribution in [0.25, 0.3) is 0 Å². The molecule has 0 unspecified atom stereocenters. The number of hydrogen-bond acceptors (Lipinski definition) is 4. The van der Waals surface area contributed by atoms with Gasteiger partial charge in [-0.2, -0.15) is 0 Å². The summed E-state index contributed by atoms with van der Waals surface area (Å²) in [6.07, 6.45) is 0.203. The molecule has 1 aromatic rings. The fourth-order valence-electron chi connectivity index (χ4n) is 2.15. The molecule has 1 rings (SSSR count). The van der Waals surface area contributed by atoms with Gasteiger partial charge >= 0.3 is 0 Å². The van der Waals surface area contributed by atoms with Gasteiger partial charge < -0.3 is 25.0 Å². The Morgan fingerprint density at radius 1 is 1.27 bits per heavy atom. The Morgan fingerprint density at radius 2 is 2.00 bits per heavy atom. The minimum atomic E-state index is -0.534. The highest BCUT2D eigenvalue weighted by molar-refractivity contribution is 5.44. The van der Waals surface area contributed by atoms with Gasteiger partial charge in [0.2, 0.25) is 0 Å². The van der Waals surface area contributed by atoms with Gasteiger partial charge in [0.1, 0.15) is 30.8 Å². The van der Waals surface area contributed by atoms with E-state index in [1.54, 1.807) is 7.11 Å². The molecule has 1 atom stereocenters. The Balaban J connectivity index is 2.61. The minimum absolute atomic E-state index is 0.0674. The van der Waals surface area contributed by atoms with Crippen LogP contribution >= 0.6 is 0 Å². The Kier molecular flexibility index (Phi) is 7.65. The molecule has 0 aromatic heterocycles. The number of aliphatic hydroxyl groups is 2. The smallest absolute Gasteiger partial charge is 0.137 e. The molecule has 5 heteroatoms. The van der Waals surface area contributed by atoms with Crippen molar-refractivity contribution in [2.24, 2.45) is 0 Å². The zero-order valence-corrected chi connectivity index (χ0v) is 14.1. The van der Waals surface area contributed by atoms with Crippen molar-refractivity contribution in [2.75, 3.05) is 33.4 Å². The number of hydrogen-bond donors (Lipinski definition) is 3. The minimum Gasteiger partial charge on any atom is -0.497 e. The van der Waals surface area contributed by atoms with Gasteiger partial charge in [0, 0.05) is 18.6 Å². The summed E-state index contributed by atoms with van der Waals surface area (Å²) in [6.45, 7) is 8.18. The Bertz CT molecular complexity index is 443. The van der Waals surface area contributed by atoms with Crippen LogP contribution in [0.5, 0.6) is 11.5 Å². The van der Waals surface area contributed by atoms with E-state index < -0.39 is 6.10 Å². The maximum atomic E-state index is 9.96. The number of benzene rings is 1. The van der Waals surface area contributed by atoms with E-state index in [1.807, 2.05) is 23.5 Å². The molecule has 0 aliphatic rings. The SMILES string of the molecule is COc1ccc(OC[C@H](O)C[NH2+]CCCO)c(C(C)(C)C)c1. The number of rotatable bonds is 9. The van der Waals surface area contributed by atoms with Gasteiger partial charge in [0.25, 0.3) is 0 Å². The molecule has 0 saturated heterocycles. The monoisotopic (exact) mass is 312 g/mol. The summed E-state index contributed by atoms with van der Waals surface area (Å²) < 4.78 is 11.1. The summed E-state index contributed by atoms with van der Waals surface area (Å²) in [6, 6.07) is 5.74. The van der Waals surface area contributed by atoms with Crippen LogP contribution < -0.4 is 14.8 Å². The summed E-state index contributed by atoms with van der Waals surface area (Å²) >= 11 is 0. The molecule has 0 spiro atoms. The number of ether oxygens (including phenoxy) is 2. The molecular weight excluding hydrogens is 282 g/mol. The van der Waals surface area contributed by atoms with Crippen molar-refractivity contribution >= 4 is 0 Å². The number of nitrogens with two attached hydrogens (primary N) is 1. The largest absolute Gasteiger partial charge is 0.497 e. The van der Waals surface area contributed by atoms with Crippen molar-refractivity contribution in [1.82, 2.24) is 0 Å². The molecule has 0 heterocycles. The van der Waals surface area contributed by atoms with Crippen LogP contribution in [0.4, 0.5) is 0 Å². The van der Waals surface area contributed by atoms with E-state index in [1.165, 1.54) is 0 Å². The molecule has 0 aliphatic heterocycles. The molecular formula is C17H30NO4+. The molecule has 0 radical (unpaired) electrons. The third-order valence-electron chi connectivity index (χ3n) is 3.43. The van der Waals surface area contributed by atoms with Crippen LogP contribution in [0.3, 0.4) is 0 Å². The second-order valence-electron chi connectivity index (χ2n) is 6.47. The number of quaternary nitrogens is 1. The van der Waals surface area contributed by atoms with E-state index in [9.17, 15) is 5.11 Å². The zero-order valence-electron chi connectivity index (χ0n) is 14.1. The fourth-order valence-corrected chi connectivity index (χ4v) is 2.15. The van der Waals surface area contributed by atoms with Gasteiger partial charge in [0.05, 0.1) is 13.7 Å². The van der Waals surface area contributed by atoms with Gasteiger partial charge in [0.15, 0.2) is 0 Å². The highest BCUT2D eigenvalue weighted by Gasteiger charge is 2.20. The highest BCUT2D eigenvalue weighted by Crippen LogP contribution is 2.34. The molecule has 0 aliphatic carbocycles. The normalized spacial score (nSPS) is 13.0. The third-order valence-corrected chi connectivity index (χ3v) is 3.43. The molecule has 0 bridgehead atoms. The van der Waals surface area contributed by atoms with Crippen LogP contribution in [0, 0.1) is 0 Å². The van der Waals surface area contributed by atoms with E-state index in [0.717, 1.165) is 30.0 Å². The third kappa shape index (κ3) is 6.22. The molecule has 1 aromatic carbocycles. The Hall–Kier alpha value is -1.30. The summed E-state index contributed by atoms with van der Waals surface area (Å²) in [5.74, 6) is 1.58. The van der Waals surface area contributed by atoms with Crippen molar-refractivity contribution in [2.45, 2.75) is 38.7 Å². The maximum Gasteiger partial charge on any atom is 0.137 e. The van der Waals surface area contributed by atoms with Crippen molar-refractivity contribution < 1.29 is 25.0 Å². The van der Waals surface area contributed by atoms with E-state index >= 15 is 0 Å². The quantitative estimate of drug-likeness (QED) is 0.586. The summed E-state index contributed by atoms with van der Waals surface area (Å²) in [5.41, 5.74) is 0.991. The van der Waals surface area contributed by atoms with E-state index in [0.29, 0.717) is 6.54 Å². The van der Waals surface area contributed by atoms with Crippen LogP contribution in [0.1, 0.15) is 32.8 Å². The predicted octanol–water partition coefficient (Wildman–Crippen LogP) is 0.678. The second-order valence-corrected chi connectivity index (χ2v) is 6.47. The number of aliphatic hydroxyl groups excluding tert-OH is 2. The first-order valence-electron chi connectivity index (χ1n) is 7.80. The van der Waals surface area contributed by atoms with Gasteiger partial charge in [-0.05, 0) is 23.6 Å². The second kappa shape index (κ2) is 8.98. The molecule has 0 saturated carbocycles. The molecule has 0 fully saturated rings. The first kappa shape index (κ1) is 18.7. The lowest BCUT2D eigenvalue weighted by atomic mass is 9.86. The van der Waals surface area contributed by atoms with Crippen molar-refractivity contribution in [3.05, 3.63) is 23.8 Å². The van der Waals surface area contributed by atoms with Gasteiger partial charge in [-0.3, -0.25) is 0 Å². The van der Waals surface area contributed by atoms with Gasteiger partial charge in [-0.1, -0.05) is 20.8 Å². The summed E-state index contributed by atoms with van der Waals surface area (Å²) in [5, 5.41) is 20.7. The van der Waals surface area contributed by atoms with E-state index in [4.69, 9.17) is 14.6 Å². The highest BCUT2D eigenvalue weighted by atomic mass is 16.5. The van der Waals surface area contributed by atoms with E-state index in [2.05, 4.69) is 20.8 Å². The Morgan fingerprint density at radius 3 is 2.59 bits per heavy atom. The predicted molar refractivity (Wildman–Crippen MR) is 86.6 cm³/mol. The Labute approximate surface area is 133 Å². The topological polar surface area (TPSA) is 75.5 Å². The van der Waals surface area contributed by atoms with E-state index in [-0.39, 0.29) is 18.6 Å². The molecule has 4 N–H and O–H groups in total. The molecule has 0 amide bonds. The summed E-state index contributed by atoms with van der Waals surface area (Å²) in [7, 11) is 1.65. The maximum absolute atomic E-state index is 9.96. The van der Waals surface area contributed by atoms with Crippen LogP contribution in [0.2, 0.25) is 0 Å². The van der Waals surface area contributed by atoms with Gasteiger partial charge in [-0.15, -0.1) is 0 Å². The first-order valence-corrected chi connectivity index (χ1v) is 7.80. The molecule has 5 nitrogen and oxygen atoms in total. The van der Waals surface area contributed by atoms with Crippen molar-refractivity contribution in [1.29, 1.82) is 0 Å². The van der Waals surface area contributed by atoms with Crippen molar-refractivity contribution in [3.8, 4) is 11.5 Å². The zero-order chi connectivity index (χ0) is 16.6. The lowest BCUT2D eigenvalue weighted by Crippen LogP contribution is -2.86. The van der Waals surface area contributed by atoms with Crippen LogP contribution in [-0.2, 0) is 5.41 Å². The van der Waals surface area contributed by atoms with Gasteiger partial charge in [-0.25, -0.2) is 0 Å². The first-order chi connectivity index (χ1) is 10.4. The lowest BCUT2D eigenvalue weighted by molar-refractivity contribution is -0.661. The van der Waals surface area contributed by atoms with Crippen LogP contribution in [-0.4, -0.2) is 49.7 Å².